The van der Waals surface area contributed by atoms with Gasteiger partial charge in [0.25, 0.3) is 11.6 Å². The summed E-state index contributed by atoms with van der Waals surface area (Å²) in [4.78, 5) is 24.3. The molecule has 5 rings (SSSR count). The van der Waals surface area contributed by atoms with Gasteiger partial charge in [-0.3, -0.25) is 14.9 Å². The van der Waals surface area contributed by atoms with Crippen LogP contribution >= 0.6 is 27.5 Å². The van der Waals surface area contributed by atoms with Crippen LogP contribution in [0.5, 0.6) is 5.75 Å². The lowest BCUT2D eigenvalue weighted by atomic mass is 10.00. The molecule has 1 heterocycles. The third-order valence-corrected chi connectivity index (χ3v) is 6.70. The monoisotopic (exact) mass is 587 g/mol. The van der Waals surface area contributed by atoms with Crippen LogP contribution < -0.4 is 9.75 Å². The van der Waals surface area contributed by atoms with Crippen molar-refractivity contribution < 1.29 is 14.5 Å². The largest absolute Gasteiger partial charge is 0.488 e. The minimum absolute atomic E-state index is 0.0714. The van der Waals surface area contributed by atoms with Crippen LogP contribution in [0, 0.1) is 10.1 Å². The molecule has 0 bridgehead atoms. The summed E-state index contributed by atoms with van der Waals surface area (Å²) in [6.07, 6.45) is 1.74. The zero-order chi connectivity index (χ0) is 26.6. The maximum absolute atomic E-state index is 13.7. The van der Waals surface area contributed by atoms with Crippen molar-refractivity contribution >= 4 is 56.6 Å². The van der Waals surface area contributed by atoms with Gasteiger partial charge in [0.15, 0.2) is 0 Å². The zero-order valence-corrected chi connectivity index (χ0v) is 22.1. The molecule has 0 atom stereocenters. The van der Waals surface area contributed by atoms with Gasteiger partial charge in [-0.05, 0) is 42.5 Å². The predicted molar refractivity (Wildman–Crippen MR) is 151 cm³/mol. The maximum atomic E-state index is 13.7. The van der Waals surface area contributed by atoms with Crippen molar-refractivity contribution in [3.63, 3.8) is 0 Å². The van der Waals surface area contributed by atoms with E-state index in [0.29, 0.717) is 33.3 Å². The fraction of sp³-hybridized carbons (Fsp3) is 0.0345. The van der Waals surface area contributed by atoms with Gasteiger partial charge in [0.05, 0.1) is 16.2 Å². The Morgan fingerprint density at radius 2 is 1.68 bits per heavy atom. The van der Waals surface area contributed by atoms with Gasteiger partial charge in [0, 0.05) is 38.3 Å². The number of hydrogen-bond donors (Lipinski definition) is 0. The number of nitro benzene ring substituents is 1. The fourth-order valence-corrected chi connectivity index (χ4v) is 4.50. The third-order valence-electron chi connectivity index (χ3n) is 5.84. The minimum Gasteiger partial charge on any atom is -0.488 e. The highest BCUT2D eigenvalue weighted by atomic mass is 79.9. The first-order chi connectivity index (χ1) is 18.4. The highest BCUT2D eigenvalue weighted by molar-refractivity contribution is 9.10. The Morgan fingerprint density at radius 1 is 0.974 bits per heavy atom. The zero-order valence-electron chi connectivity index (χ0n) is 19.8. The number of carbonyl (C=O) groups is 1. The molecule has 0 saturated carbocycles. The molecular weight excluding hydrogens is 570 g/mol. The van der Waals surface area contributed by atoms with Gasteiger partial charge < -0.3 is 4.74 Å². The number of hydrazone groups is 1. The van der Waals surface area contributed by atoms with Crippen molar-refractivity contribution in [3.05, 3.63) is 139 Å². The molecule has 0 N–H and O–H groups in total. The molecule has 0 aromatic heterocycles. The van der Waals surface area contributed by atoms with Gasteiger partial charge in [-0.25, -0.2) is 0 Å². The Balaban J connectivity index is 1.54. The van der Waals surface area contributed by atoms with Crippen LogP contribution in [0.25, 0.3) is 6.08 Å². The second kappa shape index (κ2) is 11.0. The summed E-state index contributed by atoms with van der Waals surface area (Å²) in [6, 6.07) is 28.0. The highest BCUT2D eigenvalue weighted by Crippen LogP contribution is 2.32. The summed E-state index contributed by atoms with van der Waals surface area (Å²) in [5, 5.41) is 17.5. The molecule has 4 aromatic carbocycles. The van der Waals surface area contributed by atoms with Crippen LogP contribution in [0.1, 0.15) is 16.7 Å². The molecular formula is C29H19BrClN3O4. The number of non-ortho nitro benzene ring substituents is 1. The minimum atomic E-state index is -0.489. The second-order valence-electron chi connectivity index (χ2n) is 8.33. The Labute approximate surface area is 231 Å². The quantitative estimate of drug-likeness (QED) is 0.128. The second-order valence-corrected chi connectivity index (χ2v) is 9.65. The van der Waals surface area contributed by atoms with E-state index in [4.69, 9.17) is 16.3 Å². The Bertz CT molecular complexity index is 1590. The molecule has 1 aliphatic heterocycles. The molecule has 0 unspecified atom stereocenters. The molecule has 0 aliphatic carbocycles. The third kappa shape index (κ3) is 5.37. The number of carbonyl (C=O) groups excluding carboxylic acids is 1. The number of anilines is 1. The topological polar surface area (TPSA) is 85.0 Å². The Morgan fingerprint density at radius 3 is 2.39 bits per heavy atom. The van der Waals surface area contributed by atoms with E-state index < -0.39 is 4.92 Å². The summed E-state index contributed by atoms with van der Waals surface area (Å²) in [7, 11) is 0. The maximum Gasteiger partial charge on any atom is 0.281 e. The fourth-order valence-electron chi connectivity index (χ4n) is 3.93. The first kappa shape index (κ1) is 25.4. The van der Waals surface area contributed by atoms with Crippen molar-refractivity contribution in [1.82, 2.24) is 0 Å². The lowest BCUT2D eigenvalue weighted by molar-refractivity contribution is -0.384. The molecule has 9 heteroatoms. The van der Waals surface area contributed by atoms with E-state index in [1.54, 1.807) is 12.1 Å². The molecule has 0 spiro atoms. The first-order valence-electron chi connectivity index (χ1n) is 11.5. The Kier molecular flexibility index (Phi) is 7.35. The number of hydrogen-bond acceptors (Lipinski definition) is 5. The number of benzene rings is 4. The average Bonchev–Trinajstić information content (AvgIpc) is 3.25. The van der Waals surface area contributed by atoms with E-state index in [-0.39, 0.29) is 18.2 Å². The summed E-state index contributed by atoms with van der Waals surface area (Å²) in [6.45, 7) is 0.250. The lowest BCUT2D eigenvalue weighted by Crippen LogP contribution is -2.21. The molecule has 0 fully saturated rings. The van der Waals surface area contributed by atoms with E-state index in [2.05, 4.69) is 21.0 Å². The molecule has 1 amide bonds. The van der Waals surface area contributed by atoms with E-state index in [0.717, 1.165) is 15.6 Å². The van der Waals surface area contributed by atoms with Crippen LogP contribution in [-0.2, 0) is 11.4 Å². The molecule has 188 valence electrons. The van der Waals surface area contributed by atoms with Gasteiger partial charge in [-0.15, -0.1) is 0 Å². The molecule has 38 heavy (non-hydrogen) atoms. The average molecular weight is 589 g/mol. The number of nitrogens with zero attached hydrogens (tertiary/aromatic N) is 3. The summed E-state index contributed by atoms with van der Waals surface area (Å²) in [5.74, 6) is 0.198. The van der Waals surface area contributed by atoms with Crippen LogP contribution in [-0.4, -0.2) is 16.5 Å². The van der Waals surface area contributed by atoms with Gasteiger partial charge >= 0.3 is 0 Å². The van der Waals surface area contributed by atoms with Crippen LogP contribution in [0.3, 0.4) is 0 Å². The number of nitro groups is 1. The summed E-state index contributed by atoms with van der Waals surface area (Å²) in [5.41, 5.74) is 3.44. The van der Waals surface area contributed by atoms with E-state index in [1.165, 1.54) is 29.3 Å². The lowest BCUT2D eigenvalue weighted by Gasteiger charge is -2.13. The molecule has 1 aliphatic rings. The van der Waals surface area contributed by atoms with Crippen molar-refractivity contribution in [3.8, 4) is 5.75 Å². The van der Waals surface area contributed by atoms with E-state index in [1.807, 2.05) is 66.7 Å². The highest BCUT2D eigenvalue weighted by Gasteiger charge is 2.32. The Hall–Kier alpha value is -4.27. The van der Waals surface area contributed by atoms with Crippen molar-refractivity contribution in [1.29, 1.82) is 0 Å². The van der Waals surface area contributed by atoms with Gasteiger partial charge in [-0.1, -0.05) is 76.1 Å². The number of amides is 1. The van der Waals surface area contributed by atoms with Gasteiger partial charge in [0.1, 0.15) is 18.1 Å². The smallest absolute Gasteiger partial charge is 0.281 e. The summed E-state index contributed by atoms with van der Waals surface area (Å²) < 4.78 is 6.92. The molecule has 4 aromatic rings. The summed E-state index contributed by atoms with van der Waals surface area (Å²) >= 11 is 9.81. The number of rotatable bonds is 7. The van der Waals surface area contributed by atoms with Crippen LogP contribution in [0.15, 0.2) is 112 Å². The SMILES string of the molecule is O=C1C(=Cc2cc(Br)ccc2OCc2ccccc2Cl)C(c2ccccc2)=NN1c1ccc([N+](=O)[O-])cc1. The molecule has 0 radical (unpaired) electrons. The van der Waals surface area contributed by atoms with Crippen molar-refractivity contribution in [2.24, 2.45) is 5.10 Å². The predicted octanol–water partition coefficient (Wildman–Crippen LogP) is 7.42. The van der Waals surface area contributed by atoms with Crippen LogP contribution in [0.2, 0.25) is 5.02 Å². The standard InChI is InChI=1S/C29H19BrClN3O4/c30-22-10-15-27(38-18-20-8-4-5-9-26(20)31)21(16-22)17-25-28(19-6-2-1-3-7-19)32-33(29(25)35)23-11-13-24(14-12-23)34(36)37/h1-17H,18H2. The number of ether oxygens (including phenoxy) is 1. The van der Waals surface area contributed by atoms with E-state index >= 15 is 0 Å². The molecule has 0 saturated heterocycles. The molecule has 7 nitrogen and oxygen atoms in total. The van der Waals surface area contributed by atoms with Crippen molar-refractivity contribution in [2.45, 2.75) is 6.61 Å². The van der Waals surface area contributed by atoms with Gasteiger partial charge in [0.2, 0.25) is 0 Å². The van der Waals surface area contributed by atoms with Gasteiger partial charge in [-0.2, -0.15) is 10.1 Å². The van der Waals surface area contributed by atoms with Crippen molar-refractivity contribution in [2.75, 3.05) is 5.01 Å². The van der Waals surface area contributed by atoms with E-state index in [9.17, 15) is 14.9 Å². The number of halogens is 2. The van der Waals surface area contributed by atoms with Crippen LogP contribution in [0.4, 0.5) is 11.4 Å². The first-order valence-corrected chi connectivity index (χ1v) is 12.7. The normalized spacial score (nSPS) is 14.1.